The number of carbonyl (C=O) groups excluding carboxylic acids is 1. The maximum absolute atomic E-state index is 11.9. The summed E-state index contributed by atoms with van der Waals surface area (Å²) in [6.07, 6.45) is 5.18. The number of rotatable bonds is 3. The lowest BCUT2D eigenvalue weighted by Gasteiger charge is -2.10. The highest BCUT2D eigenvalue weighted by atomic mass is 16.5. The van der Waals surface area contributed by atoms with Gasteiger partial charge in [0.15, 0.2) is 0 Å². The Morgan fingerprint density at radius 1 is 1.41 bits per heavy atom. The Morgan fingerprint density at radius 3 is 2.82 bits per heavy atom. The third kappa shape index (κ3) is 2.22. The van der Waals surface area contributed by atoms with E-state index in [1.165, 1.54) is 0 Å². The molecule has 1 N–H and O–H groups in total. The molecule has 2 heterocycles. The van der Waals surface area contributed by atoms with E-state index in [1.54, 1.807) is 12.5 Å². The summed E-state index contributed by atoms with van der Waals surface area (Å²) in [5.74, 6) is 1.43. The number of furan rings is 1. The van der Waals surface area contributed by atoms with Gasteiger partial charge in [0.2, 0.25) is 0 Å². The molecule has 2 atom stereocenters. The predicted octanol–water partition coefficient (Wildman–Crippen LogP) is 1.57. The van der Waals surface area contributed by atoms with Crippen molar-refractivity contribution in [2.24, 2.45) is 17.8 Å². The van der Waals surface area contributed by atoms with Gasteiger partial charge in [0.1, 0.15) is 6.61 Å². The molecule has 2 aliphatic rings. The third-order valence-corrected chi connectivity index (χ3v) is 3.95. The number of hydrogen-bond acceptors (Lipinski definition) is 4. The van der Waals surface area contributed by atoms with Crippen LogP contribution in [0.15, 0.2) is 23.0 Å². The second-order valence-electron chi connectivity index (χ2n) is 5.09. The Morgan fingerprint density at radius 2 is 2.18 bits per heavy atom. The molecular weight excluding hydrogens is 218 g/mol. The fraction of sp³-hybridized carbons (Fsp3) is 0.615. The van der Waals surface area contributed by atoms with Crippen LogP contribution >= 0.6 is 0 Å². The largest absolute Gasteiger partial charge is 0.472 e. The molecule has 1 aliphatic heterocycles. The topological polar surface area (TPSA) is 51.5 Å². The average Bonchev–Trinajstić information content (AvgIpc) is 3.01. The number of carbonyl (C=O) groups is 1. The van der Waals surface area contributed by atoms with Gasteiger partial charge in [0.25, 0.3) is 0 Å². The first-order valence-corrected chi connectivity index (χ1v) is 6.21. The SMILES string of the molecule is O=C(OCc1ccoc1)C1CC2CNCC2C1. The van der Waals surface area contributed by atoms with Gasteiger partial charge in [0, 0.05) is 5.56 Å². The Labute approximate surface area is 100 Å². The van der Waals surface area contributed by atoms with E-state index in [9.17, 15) is 4.79 Å². The normalized spacial score (nSPS) is 31.4. The van der Waals surface area contributed by atoms with Crippen molar-refractivity contribution in [1.29, 1.82) is 0 Å². The van der Waals surface area contributed by atoms with Crippen LogP contribution in [-0.2, 0) is 16.1 Å². The molecule has 3 rings (SSSR count). The van der Waals surface area contributed by atoms with E-state index in [0.29, 0.717) is 18.4 Å². The zero-order valence-electron chi connectivity index (χ0n) is 9.72. The minimum absolute atomic E-state index is 0.0411. The highest BCUT2D eigenvalue weighted by Crippen LogP contribution is 2.39. The van der Waals surface area contributed by atoms with Crippen molar-refractivity contribution < 1.29 is 13.9 Å². The molecule has 0 radical (unpaired) electrons. The smallest absolute Gasteiger partial charge is 0.309 e. The quantitative estimate of drug-likeness (QED) is 0.808. The number of fused-ring (bicyclic) bond motifs is 1. The number of ether oxygens (including phenoxy) is 1. The maximum Gasteiger partial charge on any atom is 0.309 e. The van der Waals surface area contributed by atoms with Crippen LogP contribution in [-0.4, -0.2) is 19.1 Å². The van der Waals surface area contributed by atoms with Crippen LogP contribution in [0.4, 0.5) is 0 Å². The second kappa shape index (κ2) is 4.53. The molecule has 17 heavy (non-hydrogen) atoms. The summed E-state index contributed by atoms with van der Waals surface area (Å²) in [4.78, 5) is 11.9. The lowest BCUT2D eigenvalue weighted by atomic mass is 10.0. The number of hydrogen-bond donors (Lipinski definition) is 1. The van der Waals surface area contributed by atoms with Crippen LogP contribution in [0.2, 0.25) is 0 Å². The summed E-state index contributed by atoms with van der Waals surface area (Å²) in [5.41, 5.74) is 0.915. The van der Waals surface area contributed by atoms with Crippen LogP contribution in [0.5, 0.6) is 0 Å². The second-order valence-corrected chi connectivity index (χ2v) is 5.09. The van der Waals surface area contributed by atoms with E-state index >= 15 is 0 Å². The zero-order chi connectivity index (χ0) is 11.7. The number of esters is 1. The van der Waals surface area contributed by atoms with Gasteiger partial charge >= 0.3 is 5.97 Å². The molecule has 0 spiro atoms. The molecule has 2 unspecified atom stereocenters. The highest BCUT2D eigenvalue weighted by molar-refractivity contribution is 5.72. The monoisotopic (exact) mass is 235 g/mol. The van der Waals surface area contributed by atoms with Crippen molar-refractivity contribution in [3.63, 3.8) is 0 Å². The minimum Gasteiger partial charge on any atom is -0.472 e. The molecule has 1 saturated carbocycles. The summed E-state index contributed by atoms with van der Waals surface area (Å²) in [7, 11) is 0. The van der Waals surface area contributed by atoms with E-state index in [4.69, 9.17) is 9.15 Å². The van der Waals surface area contributed by atoms with Crippen molar-refractivity contribution >= 4 is 5.97 Å². The Balaban J connectivity index is 1.50. The molecular formula is C13H17NO3. The summed E-state index contributed by atoms with van der Waals surface area (Å²) < 4.78 is 10.2. The Kier molecular flexibility index (Phi) is 2.89. The first-order chi connectivity index (χ1) is 8.33. The highest BCUT2D eigenvalue weighted by Gasteiger charge is 2.40. The maximum atomic E-state index is 11.9. The summed E-state index contributed by atoms with van der Waals surface area (Å²) in [6.45, 7) is 2.46. The molecule has 1 aromatic rings. The Bertz CT molecular complexity index is 375. The fourth-order valence-corrected chi connectivity index (χ4v) is 3.01. The molecule has 1 saturated heterocycles. The van der Waals surface area contributed by atoms with Crippen LogP contribution in [0.3, 0.4) is 0 Å². The zero-order valence-corrected chi connectivity index (χ0v) is 9.72. The predicted molar refractivity (Wildman–Crippen MR) is 61.1 cm³/mol. The minimum atomic E-state index is -0.0411. The van der Waals surface area contributed by atoms with E-state index < -0.39 is 0 Å². The first kappa shape index (κ1) is 10.8. The van der Waals surface area contributed by atoms with Gasteiger partial charge in [-0.25, -0.2) is 0 Å². The molecule has 1 aliphatic carbocycles. The summed E-state index contributed by atoms with van der Waals surface area (Å²) in [6, 6.07) is 1.82. The summed E-state index contributed by atoms with van der Waals surface area (Å²) >= 11 is 0. The van der Waals surface area contributed by atoms with E-state index in [2.05, 4.69) is 5.32 Å². The van der Waals surface area contributed by atoms with Gasteiger partial charge in [0.05, 0.1) is 18.4 Å². The van der Waals surface area contributed by atoms with E-state index in [1.807, 2.05) is 6.07 Å². The van der Waals surface area contributed by atoms with Crippen molar-refractivity contribution in [2.45, 2.75) is 19.4 Å². The van der Waals surface area contributed by atoms with E-state index in [0.717, 1.165) is 31.5 Å². The average molecular weight is 235 g/mol. The Hall–Kier alpha value is -1.29. The molecule has 92 valence electrons. The lowest BCUT2D eigenvalue weighted by molar-refractivity contribution is -0.149. The molecule has 2 fully saturated rings. The fourth-order valence-electron chi connectivity index (χ4n) is 3.01. The van der Waals surface area contributed by atoms with Crippen LogP contribution in [0.1, 0.15) is 18.4 Å². The molecule has 0 amide bonds. The molecule has 0 bridgehead atoms. The van der Waals surface area contributed by atoms with Crippen LogP contribution in [0.25, 0.3) is 0 Å². The van der Waals surface area contributed by atoms with Crippen molar-refractivity contribution in [2.75, 3.05) is 13.1 Å². The summed E-state index contributed by atoms with van der Waals surface area (Å²) in [5, 5.41) is 3.37. The van der Waals surface area contributed by atoms with Gasteiger partial charge < -0.3 is 14.5 Å². The van der Waals surface area contributed by atoms with Gasteiger partial charge in [-0.1, -0.05) is 0 Å². The van der Waals surface area contributed by atoms with Crippen molar-refractivity contribution in [1.82, 2.24) is 5.32 Å². The molecule has 1 aromatic heterocycles. The van der Waals surface area contributed by atoms with Crippen LogP contribution in [0, 0.1) is 17.8 Å². The van der Waals surface area contributed by atoms with Gasteiger partial charge in [-0.3, -0.25) is 4.79 Å². The standard InChI is InChI=1S/C13H17NO3/c15-13(17-8-9-1-2-16-7-9)10-3-11-5-14-6-12(11)4-10/h1-2,7,10-12,14H,3-6,8H2. The van der Waals surface area contributed by atoms with Crippen molar-refractivity contribution in [3.8, 4) is 0 Å². The van der Waals surface area contributed by atoms with Gasteiger partial charge in [-0.05, 0) is 43.8 Å². The van der Waals surface area contributed by atoms with Crippen molar-refractivity contribution in [3.05, 3.63) is 24.2 Å². The van der Waals surface area contributed by atoms with Gasteiger partial charge in [-0.2, -0.15) is 0 Å². The molecule has 4 nitrogen and oxygen atoms in total. The first-order valence-electron chi connectivity index (χ1n) is 6.21. The van der Waals surface area contributed by atoms with Crippen LogP contribution < -0.4 is 5.32 Å². The van der Waals surface area contributed by atoms with E-state index in [-0.39, 0.29) is 11.9 Å². The van der Waals surface area contributed by atoms with Gasteiger partial charge in [-0.15, -0.1) is 0 Å². The molecule has 4 heteroatoms. The number of nitrogens with one attached hydrogen (secondary N) is 1. The molecule has 0 aromatic carbocycles. The third-order valence-electron chi connectivity index (χ3n) is 3.95. The lowest BCUT2D eigenvalue weighted by Crippen LogP contribution is -2.19.